The molecule has 9 nitrogen and oxygen atoms in total. The minimum atomic E-state index is -0.389. The van der Waals surface area contributed by atoms with Crippen LogP contribution in [0.3, 0.4) is 0 Å². The van der Waals surface area contributed by atoms with E-state index >= 15 is 0 Å². The van der Waals surface area contributed by atoms with Gasteiger partial charge in [-0.1, -0.05) is 30.3 Å². The van der Waals surface area contributed by atoms with Crippen molar-refractivity contribution in [3.8, 4) is 11.4 Å². The number of ether oxygens (including phenoxy) is 2. The number of carbonyl (C=O) groups is 2. The largest absolute Gasteiger partial charge is 0.484 e. The van der Waals surface area contributed by atoms with Gasteiger partial charge in [0.2, 0.25) is 0 Å². The quantitative estimate of drug-likeness (QED) is 0.141. The average molecular weight is 632 g/mol. The zero-order chi connectivity index (χ0) is 32.2. The molecular formula is C36H33N5O4S. The first-order valence-electron chi connectivity index (χ1n) is 14.8. The lowest BCUT2D eigenvalue weighted by Gasteiger charge is -2.28. The van der Waals surface area contributed by atoms with E-state index in [-0.39, 0.29) is 30.6 Å². The summed E-state index contributed by atoms with van der Waals surface area (Å²) in [4.78, 5) is 31.6. The summed E-state index contributed by atoms with van der Waals surface area (Å²) in [5.74, 6) is -0.0153. The number of carbonyl (C=O) groups excluding carboxylic acids is 2. The number of para-hydroxylation sites is 1. The normalized spacial score (nSPS) is 15.7. The lowest BCUT2D eigenvalue weighted by atomic mass is 9.96. The SMILES string of the molecule is COC(=O)c1cccc(-n2c(C)cc([C@H]3[C@@H](c4ccccn4)NC(=S)N3c3ccc(NC(=O)COc4ccccc4)cc3)c2C)c1. The number of aromatic nitrogens is 2. The smallest absolute Gasteiger partial charge is 0.337 e. The molecule has 46 heavy (non-hydrogen) atoms. The Morgan fingerprint density at radius 2 is 1.67 bits per heavy atom. The van der Waals surface area contributed by atoms with Gasteiger partial charge in [0, 0.05) is 34.6 Å². The standard InChI is InChI=1S/C36H33N5O4S/c1-23-20-30(24(2)40(23)28-11-9-10-25(21-28)35(43)44-3)34-33(31-14-7-8-19-37-31)39-36(46)41(34)27-17-15-26(16-18-27)38-32(42)22-45-29-12-5-4-6-13-29/h4-21,33-34H,22H2,1-3H3,(H,38,42)(H,39,46)/t33-,34+/m1/s1. The van der Waals surface area contributed by atoms with Gasteiger partial charge in [0.25, 0.3) is 5.91 Å². The predicted octanol–water partition coefficient (Wildman–Crippen LogP) is 6.47. The molecule has 2 N–H and O–H groups in total. The number of esters is 1. The summed E-state index contributed by atoms with van der Waals surface area (Å²) in [7, 11) is 1.38. The van der Waals surface area contributed by atoms with E-state index in [0.717, 1.165) is 34.0 Å². The summed E-state index contributed by atoms with van der Waals surface area (Å²) in [6.07, 6.45) is 1.78. The highest BCUT2D eigenvalue weighted by Gasteiger charge is 2.42. The Kier molecular flexibility index (Phi) is 8.80. The molecule has 10 heteroatoms. The second-order valence-corrected chi connectivity index (χ2v) is 11.3. The number of nitrogens with one attached hydrogen (secondary N) is 2. The van der Waals surface area contributed by atoms with Crippen LogP contribution in [0.4, 0.5) is 11.4 Å². The molecule has 2 atom stereocenters. The second kappa shape index (κ2) is 13.3. The first-order valence-corrected chi connectivity index (χ1v) is 15.2. The number of methoxy groups -OCH3 is 1. The molecule has 0 aliphatic carbocycles. The van der Waals surface area contributed by atoms with E-state index in [1.54, 1.807) is 24.4 Å². The molecule has 0 radical (unpaired) electrons. The van der Waals surface area contributed by atoms with E-state index in [1.807, 2.05) is 85.8 Å². The summed E-state index contributed by atoms with van der Waals surface area (Å²) < 4.78 is 12.7. The Labute approximate surface area is 272 Å². The van der Waals surface area contributed by atoms with Crippen LogP contribution in [0, 0.1) is 13.8 Å². The van der Waals surface area contributed by atoms with Crippen molar-refractivity contribution in [1.82, 2.24) is 14.9 Å². The summed E-state index contributed by atoms with van der Waals surface area (Å²) in [5.41, 5.74) is 6.75. The van der Waals surface area contributed by atoms with Gasteiger partial charge >= 0.3 is 5.97 Å². The molecule has 232 valence electrons. The van der Waals surface area contributed by atoms with Crippen LogP contribution in [-0.2, 0) is 9.53 Å². The highest BCUT2D eigenvalue weighted by Crippen LogP contribution is 2.44. The lowest BCUT2D eigenvalue weighted by Crippen LogP contribution is -2.29. The molecule has 0 spiro atoms. The molecular weight excluding hydrogens is 598 g/mol. The van der Waals surface area contributed by atoms with Crippen LogP contribution < -0.4 is 20.3 Å². The Balaban J connectivity index is 1.32. The molecule has 3 heterocycles. The Hall–Kier alpha value is -5.48. The summed E-state index contributed by atoms with van der Waals surface area (Å²) in [5, 5.41) is 6.97. The molecule has 1 amide bonds. The number of benzene rings is 3. The fourth-order valence-electron chi connectivity index (χ4n) is 5.89. The number of aryl methyl sites for hydroxylation is 1. The van der Waals surface area contributed by atoms with Crippen molar-refractivity contribution in [2.24, 2.45) is 0 Å². The molecule has 0 bridgehead atoms. The van der Waals surface area contributed by atoms with E-state index in [9.17, 15) is 9.59 Å². The number of pyridine rings is 1. The first-order chi connectivity index (χ1) is 22.3. The van der Waals surface area contributed by atoms with Crippen molar-refractivity contribution in [2.75, 3.05) is 23.9 Å². The highest BCUT2D eigenvalue weighted by atomic mass is 32.1. The molecule has 1 aliphatic rings. The number of rotatable bonds is 9. The topological polar surface area (TPSA) is 97.7 Å². The van der Waals surface area contributed by atoms with E-state index in [4.69, 9.17) is 21.7 Å². The van der Waals surface area contributed by atoms with Crippen LogP contribution >= 0.6 is 12.2 Å². The van der Waals surface area contributed by atoms with Crippen LogP contribution in [0.2, 0.25) is 0 Å². The lowest BCUT2D eigenvalue weighted by molar-refractivity contribution is -0.118. The van der Waals surface area contributed by atoms with Crippen molar-refractivity contribution in [2.45, 2.75) is 25.9 Å². The molecule has 5 aromatic rings. The van der Waals surface area contributed by atoms with Gasteiger partial charge in [-0.15, -0.1) is 0 Å². The maximum absolute atomic E-state index is 12.6. The molecule has 1 aliphatic heterocycles. The molecule has 1 fully saturated rings. The third kappa shape index (κ3) is 6.20. The van der Waals surface area contributed by atoms with Crippen LogP contribution in [-0.4, -0.2) is 40.3 Å². The van der Waals surface area contributed by atoms with Gasteiger partial charge in [0.05, 0.1) is 30.5 Å². The fourth-order valence-corrected chi connectivity index (χ4v) is 6.24. The van der Waals surface area contributed by atoms with E-state index < -0.39 is 0 Å². The number of anilines is 2. The molecule has 1 saturated heterocycles. The predicted molar refractivity (Wildman–Crippen MR) is 182 cm³/mol. The maximum atomic E-state index is 12.6. The third-order valence-corrected chi connectivity index (χ3v) is 8.27. The third-order valence-electron chi connectivity index (χ3n) is 7.95. The van der Waals surface area contributed by atoms with Gasteiger partial charge in [-0.2, -0.15) is 0 Å². The molecule has 6 rings (SSSR count). The van der Waals surface area contributed by atoms with Crippen LogP contribution in [0.15, 0.2) is 109 Å². The fraction of sp³-hybridized carbons (Fsp3) is 0.167. The Morgan fingerprint density at radius 3 is 2.39 bits per heavy atom. The van der Waals surface area contributed by atoms with Crippen molar-refractivity contribution in [1.29, 1.82) is 0 Å². The minimum absolute atomic E-state index is 0.0993. The van der Waals surface area contributed by atoms with Gasteiger partial charge in [-0.05, 0) is 104 Å². The van der Waals surface area contributed by atoms with Gasteiger partial charge in [0.1, 0.15) is 5.75 Å². The summed E-state index contributed by atoms with van der Waals surface area (Å²) in [6, 6.07) is 31.7. The molecule has 0 saturated carbocycles. The molecule has 3 aromatic carbocycles. The van der Waals surface area contributed by atoms with Crippen LogP contribution in [0.5, 0.6) is 5.75 Å². The highest BCUT2D eigenvalue weighted by molar-refractivity contribution is 7.80. The van der Waals surface area contributed by atoms with Crippen molar-refractivity contribution in [3.05, 3.63) is 138 Å². The molecule has 0 unspecified atom stereocenters. The minimum Gasteiger partial charge on any atom is -0.484 e. The number of amides is 1. The zero-order valence-corrected chi connectivity index (χ0v) is 26.5. The van der Waals surface area contributed by atoms with Crippen molar-refractivity contribution in [3.63, 3.8) is 0 Å². The van der Waals surface area contributed by atoms with Gasteiger partial charge in [-0.25, -0.2) is 4.79 Å². The van der Waals surface area contributed by atoms with Gasteiger partial charge in [-0.3, -0.25) is 9.78 Å². The monoisotopic (exact) mass is 631 g/mol. The van der Waals surface area contributed by atoms with Gasteiger partial charge < -0.3 is 29.6 Å². The van der Waals surface area contributed by atoms with Crippen molar-refractivity contribution < 1.29 is 19.1 Å². The maximum Gasteiger partial charge on any atom is 0.337 e. The van der Waals surface area contributed by atoms with E-state index in [0.29, 0.717) is 22.1 Å². The van der Waals surface area contributed by atoms with E-state index in [1.165, 1.54) is 7.11 Å². The number of hydrogen-bond donors (Lipinski definition) is 2. The van der Waals surface area contributed by atoms with Crippen LogP contribution in [0.1, 0.15) is 45.1 Å². The van der Waals surface area contributed by atoms with E-state index in [2.05, 4.69) is 38.1 Å². The van der Waals surface area contributed by atoms with Crippen LogP contribution in [0.25, 0.3) is 5.69 Å². The van der Waals surface area contributed by atoms with Gasteiger partial charge in [0.15, 0.2) is 11.7 Å². The van der Waals surface area contributed by atoms with Crippen molar-refractivity contribution >= 4 is 40.6 Å². The summed E-state index contributed by atoms with van der Waals surface area (Å²) >= 11 is 5.94. The Morgan fingerprint density at radius 1 is 0.913 bits per heavy atom. The average Bonchev–Trinajstić information content (AvgIpc) is 3.58. The Bertz CT molecular complexity index is 1880. The molecule has 2 aromatic heterocycles. The first kappa shape index (κ1) is 30.5. The number of thiocarbonyl (C=S) groups is 1. The second-order valence-electron chi connectivity index (χ2n) is 10.9. The number of hydrogen-bond acceptors (Lipinski definition) is 6. The summed E-state index contributed by atoms with van der Waals surface area (Å²) in [6.45, 7) is 4.01. The number of nitrogens with zero attached hydrogens (tertiary/aromatic N) is 3. The zero-order valence-electron chi connectivity index (χ0n) is 25.6.